The number of nitrogens with one attached hydrogen (secondary N) is 1. The van der Waals surface area contributed by atoms with Crippen LogP contribution in [-0.2, 0) is 14.8 Å². The fourth-order valence-corrected chi connectivity index (χ4v) is 4.93. The molecule has 3 rings (SSSR count). The van der Waals surface area contributed by atoms with Gasteiger partial charge in [-0.1, -0.05) is 35.4 Å². The van der Waals surface area contributed by atoms with Crippen LogP contribution in [0.25, 0.3) is 0 Å². The molecule has 0 spiro atoms. The molecule has 0 aliphatic heterocycles. The van der Waals surface area contributed by atoms with E-state index in [9.17, 15) is 13.2 Å². The first-order valence-electron chi connectivity index (χ1n) is 10.5. The van der Waals surface area contributed by atoms with Crippen molar-refractivity contribution in [1.82, 2.24) is 5.32 Å². The van der Waals surface area contributed by atoms with Crippen LogP contribution in [0.4, 0.5) is 5.69 Å². The summed E-state index contributed by atoms with van der Waals surface area (Å²) in [5.74, 6) is 0.640. The first-order valence-corrected chi connectivity index (χ1v) is 12.3. The first kappa shape index (κ1) is 25.4. The van der Waals surface area contributed by atoms with Gasteiger partial charge in [0.15, 0.2) is 11.5 Å². The van der Waals surface area contributed by atoms with Crippen molar-refractivity contribution in [2.45, 2.75) is 24.8 Å². The van der Waals surface area contributed by atoms with Gasteiger partial charge in [-0.3, -0.25) is 9.10 Å². The van der Waals surface area contributed by atoms with Gasteiger partial charge >= 0.3 is 0 Å². The highest BCUT2D eigenvalue weighted by Gasteiger charge is 2.28. The Bertz CT molecular complexity index is 1250. The molecule has 3 aromatic rings. The van der Waals surface area contributed by atoms with Gasteiger partial charge in [0.2, 0.25) is 5.91 Å². The van der Waals surface area contributed by atoms with E-state index < -0.39 is 28.5 Å². The number of aryl methyl sites for hydroxylation is 1. The Hall–Kier alpha value is -3.23. The van der Waals surface area contributed by atoms with Crippen LogP contribution in [-0.4, -0.2) is 35.1 Å². The van der Waals surface area contributed by atoms with E-state index in [-0.39, 0.29) is 4.90 Å². The van der Waals surface area contributed by atoms with Crippen LogP contribution in [0.3, 0.4) is 0 Å². The van der Waals surface area contributed by atoms with E-state index in [0.29, 0.717) is 22.2 Å². The molecule has 1 N–H and O–H groups in total. The fraction of sp³-hybridized carbons (Fsp3) is 0.240. The molecular weight excluding hydrogens is 476 g/mol. The van der Waals surface area contributed by atoms with E-state index in [4.69, 9.17) is 21.1 Å². The summed E-state index contributed by atoms with van der Waals surface area (Å²) in [5, 5.41) is 3.32. The molecule has 0 aromatic heterocycles. The Morgan fingerprint density at radius 1 is 0.971 bits per heavy atom. The number of halogens is 1. The number of carbonyl (C=O) groups is 1. The number of anilines is 1. The molecule has 0 saturated heterocycles. The molecule has 0 radical (unpaired) electrons. The summed E-state index contributed by atoms with van der Waals surface area (Å²) < 4.78 is 38.6. The topological polar surface area (TPSA) is 84.9 Å². The SMILES string of the molecule is COc1ccc(C(C)NC(=O)CN(c2ccc(Cl)cc2)S(=O)(=O)c2ccc(C)cc2)cc1OC. The second kappa shape index (κ2) is 10.8. The van der Waals surface area contributed by atoms with Crippen molar-refractivity contribution in [1.29, 1.82) is 0 Å². The van der Waals surface area contributed by atoms with Crippen LogP contribution in [0.15, 0.2) is 71.6 Å². The molecule has 0 saturated carbocycles. The predicted octanol–water partition coefficient (Wildman–Crippen LogP) is 4.74. The third-order valence-electron chi connectivity index (χ3n) is 5.30. The number of nitrogens with zero attached hydrogens (tertiary/aromatic N) is 1. The highest BCUT2D eigenvalue weighted by molar-refractivity contribution is 7.92. The summed E-state index contributed by atoms with van der Waals surface area (Å²) in [5.41, 5.74) is 2.04. The predicted molar refractivity (Wildman–Crippen MR) is 133 cm³/mol. The van der Waals surface area contributed by atoms with Crippen LogP contribution in [0, 0.1) is 6.92 Å². The van der Waals surface area contributed by atoms with Gasteiger partial charge in [-0.05, 0) is 67.9 Å². The molecule has 0 heterocycles. The molecule has 180 valence electrons. The van der Waals surface area contributed by atoms with Crippen molar-refractivity contribution in [3.8, 4) is 11.5 Å². The van der Waals surface area contributed by atoms with Crippen molar-refractivity contribution in [2.24, 2.45) is 0 Å². The Kier molecular flexibility index (Phi) is 8.06. The zero-order valence-electron chi connectivity index (χ0n) is 19.4. The lowest BCUT2D eigenvalue weighted by Gasteiger charge is -2.25. The average molecular weight is 503 g/mol. The van der Waals surface area contributed by atoms with Gasteiger partial charge < -0.3 is 14.8 Å². The molecule has 0 fully saturated rings. The van der Waals surface area contributed by atoms with Crippen LogP contribution >= 0.6 is 11.6 Å². The number of ether oxygens (including phenoxy) is 2. The average Bonchev–Trinajstić information content (AvgIpc) is 2.82. The molecule has 0 aliphatic carbocycles. The molecule has 7 nitrogen and oxygen atoms in total. The molecule has 1 amide bonds. The molecule has 9 heteroatoms. The van der Waals surface area contributed by atoms with Gasteiger partial charge in [0.05, 0.1) is 30.8 Å². The number of methoxy groups -OCH3 is 2. The minimum absolute atomic E-state index is 0.0915. The van der Waals surface area contributed by atoms with Gasteiger partial charge in [0, 0.05) is 5.02 Å². The van der Waals surface area contributed by atoms with Crippen LogP contribution in [0.2, 0.25) is 5.02 Å². The molecule has 0 bridgehead atoms. The van der Waals surface area contributed by atoms with E-state index >= 15 is 0 Å². The van der Waals surface area contributed by atoms with Gasteiger partial charge in [-0.15, -0.1) is 0 Å². The maximum Gasteiger partial charge on any atom is 0.264 e. The van der Waals surface area contributed by atoms with Crippen LogP contribution in [0.5, 0.6) is 11.5 Å². The molecule has 0 aliphatic rings. The lowest BCUT2D eigenvalue weighted by molar-refractivity contribution is -0.120. The van der Waals surface area contributed by atoms with Crippen molar-refractivity contribution in [3.63, 3.8) is 0 Å². The highest BCUT2D eigenvalue weighted by atomic mass is 35.5. The third-order valence-corrected chi connectivity index (χ3v) is 7.34. The number of hydrogen-bond acceptors (Lipinski definition) is 5. The highest BCUT2D eigenvalue weighted by Crippen LogP contribution is 2.30. The van der Waals surface area contributed by atoms with E-state index in [1.807, 2.05) is 13.0 Å². The summed E-state index contributed by atoms with van der Waals surface area (Å²) in [7, 11) is -0.929. The maximum absolute atomic E-state index is 13.5. The van der Waals surface area contributed by atoms with Crippen LogP contribution < -0.4 is 19.1 Å². The van der Waals surface area contributed by atoms with Gasteiger partial charge in [-0.2, -0.15) is 0 Å². The Labute approximate surface area is 205 Å². The Morgan fingerprint density at radius 3 is 2.18 bits per heavy atom. The van der Waals surface area contributed by atoms with Crippen LogP contribution in [0.1, 0.15) is 24.1 Å². The third kappa shape index (κ3) is 5.81. The Morgan fingerprint density at radius 2 is 1.59 bits per heavy atom. The smallest absolute Gasteiger partial charge is 0.264 e. The summed E-state index contributed by atoms with van der Waals surface area (Å²) in [4.78, 5) is 13.1. The number of carbonyl (C=O) groups excluding carboxylic acids is 1. The standard InChI is InChI=1S/C25H27ClN2O5S/c1-17-5-12-22(13-6-17)34(30,31)28(21-10-8-20(26)9-11-21)16-25(29)27-18(2)19-7-14-23(32-3)24(15-19)33-4/h5-15,18H,16H2,1-4H3,(H,27,29). The molecular formula is C25H27ClN2O5S. The lowest BCUT2D eigenvalue weighted by atomic mass is 10.1. The van der Waals surface area contributed by atoms with E-state index in [1.54, 1.807) is 62.6 Å². The zero-order valence-corrected chi connectivity index (χ0v) is 21.0. The second-order valence-electron chi connectivity index (χ2n) is 7.70. The number of benzene rings is 3. The van der Waals surface area contributed by atoms with E-state index in [0.717, 1.165) is 15.4 Å². The summed E-state index contributed by atoms with van der Waals surface area (Å²) >= 11 is 5.99. The molecule has 3 aromatic carbocycles. The van der Waals surface area contributed by atoms with Gasteiger partial charge in [-0.25, -0.2) is 8.42 Å². The fourth-order valence-electron chi connectivity index (χ4n) is 3.38. The number of rotatable bonds is 9. The number of hydrogen-bond donors (Lipinski definition) is 1. The monoisotopic (exact) mass is 502 g/mol. The van der Waals surface area contributed by atoms with Gasteiger partial charge in [0.25, 0.3) is 10.0 Å². The van der Waals surface area contributed by atoms with Crippen molar-refractivity contribution in [2.75, 3.05) is 25.1 Å². The zero-order chi connectivity index (χ0) is 24.9. The summed E-state index contributed by atoms with van der Waals surface area (Å²) in [6, 6.07) is 17.7. The van der Waals surface area contributed by atoms with Gasteiger partial charge in [0.1, 0.15) is 6.54 Å². The minimum atomic E-state index is -4.01. The Balaban J connectivity index is 1.87. The lowest BCUT2D eigenvalue weighted by Crippen LogP contribution is -2.41. The number of amides is 1. The van der Waals surface area contributed by atoms with Crippen molar-refractivity contribution >= 4 is 33.2 Å². The van der Waals surface area contributed by atoms with Crippen molar-refractivity contribution < 1.29 is 22.7 Å². The molecule has 1 atom stereocenters. The van der Waals surface area contributed by atoms with E-state index in [1.165, 1.54) is 19.2 Å². The van der Waals surface area contributed by atoms with Crippen molar-refractivity contribution in [3.05, 3.63) is 82.9 Å². The maximum atomic E-state index is 13.5. The molecule has 34 heavy (non-hydrogen) atoms. The minimum Gasteiger partial charge on any atom is -0.493 e. The second-order valence-corrected chi connectivity index (χ2v) is 10.0. The quantitative estimate of drug-likeness (QED) is 0.457. The first-order chi connectivity index (χ1) is 16.1. The summed E-state index contributed by atoms with van der Waals surface area (Å²) in [6.07, 6.45) is 0. The molecule has 1 unspecified atom stereocenters. The number of sulfonamides is 1. The van der Waals surface area contributed by atoms with E-state index in [2.05, 4.69) is 5.32 Å². The normalized spacial score (nSPS) is 12.0. The summed E-state index contributed by atoms with van der Waals surface area (Å²) in [6.45, 7) is 3.27. The largest absolute Gasteiger partial charge is 0.493 e.